The highest BCUT2D eigenvalue weighted by atomic mass is 35.5. The minimum absolute atomic E-state index is 0.118. The summed E-state index contributed by atoms with van der Waals surface area (Å²) in [5.41, 5.74) is 3.17. The number of rotatable bonds is 5. The molecule has 4 rings (SSSR count). The van der Waals surface area contributed by atoms with Crippen LogP contribution in [0.15, 0.2) is 76.6 Å². The van der Waals surface area contributed by atoms with E-state index in [1.54, 1.807) is 0 Å². The van der Waals surface area contributed by atoms with Crippen molar-refractivity contribution in [3.8, 4) is 0 Å². The van der Waals surface area contributed by atoms with Crippen molar-refractivity contribution in [1.29, 1.82) is 0 Å². The van der Waals surface area contributed by atoms with E-state index in [0.29, 0.717) is 15.4 Å². The van der Waals surface area contributed by atoms with Gasteiger partial charge in [-0.3, -0.25) is 4.79 Å². The SMILES string of the molecule is Cc1ccc(Cl)c2sc(=NC(=O)c3ccc(S(=O)(=O)N(C)Cc4ccccc4)cc3)n(C)c12. The first kappa shape index (κ1) is 23.4. The van der Waals surface area contributed by atoms with Gasteiger partial charge in [-0.2, -0.15) is 9.30 Å². The van der Waals surface area contributed by atoms with Crippen LogP contribution in [0.3, 0.4) is 0 Å². The number of fused-ring (bicyclic) bond motifs is 1. The molecule has 4 aromatic rings. The number of aryl methyl sites for hydroxylation is 2. The molecule has 0 bridgehead atoms. The Balaban J connectivity index is 1.60. The molecular weight excluding hydrogens is 478 g/mol. The number of thiazole rings is 1. The molecule has 6 nitrogen and oxygen atoms in total. The fraction of sp³-hybridized carbons (Fsp3) is 0.167. The quantitative estimate of drug-likeness (QED) is 0.397. The summed E-state index contributed by atoms with van der Waals surface area (Å²) in [4.78, 5) is 17.7. The van der Waals surface area contributed by atoms with Crippen LogP contribution in [0.2, 0.25) is 5.02 Å². The van der Waals surface area contributed by atoms with Gasteiger partial charge in [0.25, 0.3) is 5.91 Å². The second kappa shape index (κ2) is 9.23. The molecule has 0 aliphatic heterocycles. The van der Waals surface area contributed by atoms with Gasteiger partial charge in [0.2, 0.25) is 10.0 Å². The van der Waals surface area contributed by atoms with Crippen LogP contribution in [-0.4, -0.2) is 30.2 Å². The first-order valence-electron chi connectivity index (χ1n) is 10.1. The predicted octanol–water partition coefficient (Wildman–Crippen LogP) is 4.76. The Morgan fingerprint density at radius 2 is 1.73 bits per heavy atom. The van der Waals surface area contributed by atoms with Crippen molar-refractivity contribution >= 4 is 49.1 Å². The maximum absolute atomic E-state index is 12.9. The van der Waals surface area contributed by atoms with E-state index in [1.807, 2.05) is 61.0 Å². The first-order chi connectivity index (χ1) is 15.7. The average Bonchev–Trinajstić information content (AvgIpc) is 3.14. The van der Waals surface area contributed by atoms with Crippen molar-refractivity contribution in [3.05, 3.63) is 93.2 Å². The summed E-state index contributed by atoms with van der Waals surface area (Å²) in [6.07, 6.45) is 0. The molecule has 1 amide bonds. The normalized spacial score (nSPS) is 12.6. The van der Waals surface area contributed by atoms with Crippen LogP contribution in [0.25, 0.3) is 10.2 Å². The molecule has 3 aromatic carbocycles. The maximum atomic E-state index is 12.9. The Hall–Kier alpha value is -2.78. The predicted molar refractivity (Wildman–Crippen MR) is 132 cm³/mol. The third-order valence-corrected chi connectivity index (χ3v) is 8.77. The van der Waals surface area contributed by atoms with Gasteiger partial charge < -0.3 is 4.57 Å². The van der Waals surface area contributed by atoms with Gasteiger partial charge in [0.05, 0.1) is 20.1 Å². The van der Waals surface area contributed by atoms with Crippen molar-refractivity contribution < 1.29 is 13.2 Å². The van der Waals surface area contributed by atoms with Gasteiger partial charge in [0.1, 0.15) is 0 Å². The zero-order valence-electron chi connectivity index (χ0n) is 18.3. The monoisotopic (exact) mass is 499 g/mol. The Bertz CT molecular complexity index is 1510. The van der Waals surface area contributed by atoms with E-state index in [9.17, 15) is 13.2 Å². The molecule has 0 aliphatic carbocycles. The van der Waals surface area contributed by atoms with Gasteiger partial charge in [-0.15, -0.1) is 0 Å². The van der Waals surface area contributed by atoms with Crippen molar-refractivity contribution in [3.63, 3.8) is 0 Å². The molecule has 0 fully saturated rings. The lowest BCUT2D eigenvalue weighted by atomic mass is 10.2. The number of halogens is 1. The Morgan fingerprint density at radius 1 is 1.06 bits per heavy atom. The maximum Gasteiger partial charge on any atom is 0.279 e. The van der Waals surface area contributed by atoms with Crippen LogP contribution in [0.1, 0.15) is 21.5 Å². The number of hydrogen-bond acceptors (Lipinski definition) is 4. The summed E-state index contributed by atoms with van der Waals surface area (Å²) in [7, 11) is -0.325. The van der Waals surface area contributed by atoms with Crippen LogP contribution in [0, 0.1) is 6.92 Å². The summed E-state index contributed by atoms with van der Waals surface area (Å²) in [6, 6.07) is 19.0. The van der Waals surface area contributed by atoms with Crippen molar-refractivity contribution in [2.24, 2.45) is 12.0 Å². The standard InChI is InChI=1S/C24H22ClN3O3S2/c1-16-9-14-20(25)22-21(16)28(3)24(32-22)26-23(29)18-10-12-19(13-11-18)33(30,31)27(2)15-17-7-5-4-6-8-17/h4-14H,15H2,1-3H3. The van der Waals surface area contributed by atoms with Gasteiger partial charge in [0.15, 0.2) is 4.80 Å². The molecule has 1 aromatic heterocycles. The summed E-state index contributed by atoms with van der Waals surface area (Å²) >= 11 is 7.66. The second-order valence-electron chi connectivity index (χ2n) is 7.67. The Labute approximate surface area is 201 Å². The molecule has 0 unspecified atom stereocenters. The van der Waals surface area contributed by atoms with Gasteiger partial charge >= 0.3 is 0 Å². The molecule has 9 heteroatoms. The third-order valence-electron chi connectivity index (χ3n) is 5.36. The molecule has 170 valence electrons. The summed E-state index contributed by atoms with van der Waals surface area (Å²) in [5.74, 6) is -0.451. The molecular formula is C24H22ClN3O3S2. The molecule has 0 saturated heterocycles. The van der Waals surface area contributed by atoms with Gasteiger partial charge in [-0.1, -0.05) is 59.3 Å². The third kappa shape index (κ3) is 4.65. The molecule has 0 aliphatic rings. The first-order valence-corrected chi connectivity index (χ1v) is 12.8. The Kier molecular flexibility index (Phi) is 6.54. The summed E-state index contributed by atoms with van der Waals surface area (Å²) < 4.78 is 29.8. The molecule has 0 atom stereocenters. The van der Waals surface area contributed by atoms with E-state index < -0.39 is 15.9 Å². The molecule has 0 N–H and O–H groups in total. The molecule has 1 heterocycles. The highest BCUT2D eigenvalue weighted by Crippen LogP contribution is 2.28. The van der Waals surface area contributed by atoms with Crippen molar-refractivity contribution in [2.75, 3.05) is 7.05 Å². The van der Waals surface area contributed by atoms with Gasteiger partial charge in [-0.05, 0) is 48.4 Å². The van der Waals surface area contributed by atoms with E-state index >= 15 is 0 Å². The average molecular weight is 500 g/mol. The van der Waals surface area contributed by atoms with Crippen molar-refractivity contribution in [1.82, 2.24) is 8.87 Å². The smallest absolute Gasteiger partial charge is 0.279 e. The number of nitrogens with zero attached hydrogens (tertiary/aromatic N) is 3. The topological polar surface area (TPSA) is 71.7 Å². The number of aromatic nitrogens is 1. The van der Waals surface area contributed by atoms with E-state index in [1.165, 1.54) is 47.0 Å². The van der Waals surface area contributed by atoms with Crippen molar-refractivity contribution in [2.45, 2.75) is 18.4 Å². The van der Waals surface area contributed by atoms with Gasteiger partial charge in [0, 0.05) is 26.2 Å². The number of hydrogen-bond donors (Lipinski definition) is 0. The van der Waals surface area contributed by atoms with Crippen LogP contribution < -0.4 is 4.80 Å². The molecule has 33 heavy (non-hydrogen) atoms. The number of carbonyl (C=O) groups is 1. The lowest BCUT2D eigenvalue weighted by molar-refractivity contribution is 0.0998. The van der Waals surface area contributed by atoms with E-state index in [0.717, 1.165) is 21.3 Å². The number of sulfonamides is 1. The number of carbonyl (C=O) groups excluding carboxylic acids is 1. The minimum Gasteiger partial charge on any atom is -0.319 e. The second-order valence-corrected chi connectivity index (χ2v) is 11.1. The summed E-state index contributed by atoms with van der Waals surface area (Å²) in [6.45, 7) is 2.23. The molecule has 0 saturated carbocycles. The highest BCUT2D eigenvalue weighted by molar-refractivity contribution is 7.89. The largest absolute Gasteiger partial charge is 0.319 e. The zero-order chi connectivity index (χ0) is 23.8. The lowest BCUT2D eigenvalue weighted by Crippen LogP contribution is -2.26. The van der Waals surface area contributed by atoms with E-state index in [-0.39, 0.29) is 11.4 Å². The molecule has 0 spiro atoms. The minimum atomic E-state index is -3.70. The zero-order valence-corrected chi connectivity index (χ0v) is 20.7. The number of benzene rings is 3. The van der Waals surface area contributed by atoms with E-state index in [4.69, 9.17) is 11.6 Å². The van der Waals surface area contributed by atoms with E-state index in [2.05, 4.69) is 4.99 Å². The van der Waals surface area contributed by atoms with Crippen LogP contribution in [0.5, 0.6) is 0 Å². The fourth-order valence-electron chi connectivity index (χ4n) is 3.54. The highest BCUT2D eigenvalue weighted by Gasteiger charge is 2.21. The lowest BCUT2D eigenvalue weighted by Gasteiger charge is -2.17. The fourth-order valence-corrected chi connectivity index (χ4v) is 6.07. The number of amides is 1. The summed E-state index contributed by atoms with van der Waals surface area (Å²) in [5, 5.41) is 0.610. The van der Waals surface area contributed by atoms with Crippen LogP contribution in [0.4, 0.5) is 0 Å². The molecule has 0 radical (unpaired) electrons. The Morgan fingerprint density at radius 3 is 2.36 bits per heavy atom. The van der Waals surface area contributed by atoms with Crippen LogP contribution in [-0.2, 0) is 23.6 Å². The van der Waals surface area contributed by atoms with Gasteiger partial charge in [-0.25, -0.2) is 8.42 Å². The van der Waals surface area contributed by atoms with Crippen LogP contribution >= 0.6 is 22.9 Å².